The van der Waals surface area contributed by atoms with Gasteiger partial charge in [0.2, 0.25) is 0 Å². The Hall–Kier alpha value is -2.80. The average molecular weight is 515 g/mol. The smallest absolute Gasteiger partial charge is 0.325 e. The minimum atomic E-state index is -0.567. The molecule has 1 atom stereocenters. The number of likely N-dealkylation sites (N-methyl/N-ethyl adjacent to an activating group) is 1. The second kappa shape index (κ2) is 12.6. The molecule has 0 aliphatic heterocycles. The van der Waals surface area contributed by atoms with E-state index in [-0.39, 0.29) is 36.5 Å². The van der Waals surface area contributed by atoms with Crippen LogP contribution >= 0.6 is 0 Å². The van der Waals surface area contributed by atoms with E-state index in [9.17, 15) is 14.7 Å². The first kappa shape index (κ1) is 30.4. The molecule has 0 aliphatic rings. The van der Waals surface area contributed by atoms with Gasteiger partial charge in [-0.3, -0.25) is 9.59 Å². The van der Waals surface area contributed by atoms with Crippen LogP contribution in [0.2, 0.25) is 0 Å². The molecule has 1 amide bonds. The van der Waals surface area contributed by atoms with Gasteiger partial charge in [-0.1, -0.05) is 46.8 Å². The lowest BCUT2D eigenvalue weighted by atomic mass is 9.72. The number of esters is 1. The SMILES string of the molecule is CCOC(=O)CN(C)C(=O)c1ccc(C(CC)(CC)c2ccc(OCC(O)C(C)(C)C)c(C)c2)n1CC. The van der Waals surface area contributed by atoms with Gasteiger partial charge >= 0.3 is 5.97 Å². The van der Waals surface area contributed by atoms with E-state index in [0.717, 1.165) is 35.4 Å². The predicted octanol–water partition coefficient (Wildman–Crippen LogP) is 5.34. The molecule has 7 nitrogen and oxygen atoms in total. The van der Waals surface area contributed by atoms with E-state index < -0.39 is 12.1 Å². The van der Waals surface area contributed by atoms with Crippen LogP contribution in [-0.4, -0.2) is 59.4 Å². The molecule has 0 aliphatic carbocycles. The molecule has 0 fully saturated rings. The number of aromatic nitrogens is 1. The number of nitrogens with zero attached hydrogens (tertiary/aromatic N) is 2. The number of rotatable bonds is 12. The molecule has 1 aromatic heterocycles. The van der Waals surface area contributed by atoms with Gasteiger partial charge in [-0.25, -0.2) is 0 Å². The molecule has 37 heavy (non-hydrogen) atoms. The van der Waals surface area contributed by atoms with Crippen LogP contribution < -0.4 is 4.74 Å². The lowest BCUT2D eigenvalue weighted by molar-refractivity contribution is -0.143. The van der Waals surface area contributed by atoms with Crippen LogP contribution in [0.5, 0.6) is 5.75 Å². The molecule has 7 heteroatoms. The zero-order chi connectivity index (χ0) is 28.0. The summed E-state index contributed by atoms with van der Waals surface area (Å²) in [4.78, 5) is 26.6. The Balaban J connectivity index is 2.42. The van der Waals surface area contributed by atoms with E-state index in [1.807, 2.05) is 52.8 Å². The molecular formula is C30H46N2O5. The molecule has 2 aromatic rings. The third-order valence-electron chi connectivity index (χ3n) is 7.36. The molecule has 0 radical (unpaired) electrons. The fourth-order valence-corrected chi connectivity index (χ4v) is 4.78. The molecule has 1 heterocycles. The lowest BCUT2D eigenvalue weighted by Crippen LogP contribution is -2.35. The topological polar surface area (TPSA) is 81.0 Å². The Morgan fingerprint density at radius 2 is 1.70 bits per heavy atom. The summed E-state index contributed by atoms with van der Waals surface area (Å²) in [6.07, 6.45) is 1.13. The zero-order valence-electron chi connectivity index (χ0n) is 24.2. The van der Waals surface area contributed by atoms with E-state index >= 15 is 0 Å². The molecule has 0 saturated heterocycles. The number of carbonyl (C=O) groups excluding carboxylic acids is 2. The molecule has 1 aromatic carbocycles. The van der Waals surface area contributed by atoms with E-state index in [0.29, 0.717) is 12.2 Å². The Morgan fingerprint density at radius 3 is 2.22 bits per heavy atom. The number of benzene rings is 1. The second-order valence-corrected chi connectivity index (χ2v) is 10.8. The van der Waals surface area contributed by atoms with Crippen molar-refractivity contribution < 1.29 is 24.2 Å². The van der Waals surface area contributed by atoms with E-state index in [2.05, 4.69) is 30.5 Å². The standard InChI is InChI=1S/C30H46N2O5/c1-10-30(11-2,22-14-16-24(21(5)18-22)37-20-26(33)29(6,7)8)25-17-15-23(32(25)12-3)28(35)31(9)19-27(34)36-13-4/h14-18,26,33H,10-13,19-20H2,1-9H3. The molecule has 1 N–H and O–H groups in total. The summed E-state index contributed by atoms with van der Waals surface area (Å²) in [7, 11) is 1.62. The van der Waals surface area contributed by atoms with Crippen molar-refractivity contribution in [3.05, 3.63) is 52.8 Å². The van der Waals surface area contributed by atoms with Crippen LogP contribution in [0, 0.1) is 12.3 Å². The van der Waals surface area contributed by atoms with E-state index in [1.54, 1.807) is 14.0 Å². The van der Waals surface area contributed by atoms with Gasteiger partial charge in [0.05, 0.1) is 12.7 Å². The quantitative estimate of drug-likeness (QED) is 0.387. The first-order chi connectivity index (χ1) is 17.4. The summed E-state index contributed by atoms with van der Waals surface area (Å²) in [5.74, 6) is 0.132. The third kappa shape index (κ3) is 6.75. The lowest BCUT2D eigenvalue weighted by Gasteiger charge is -2.35. The number of hydrogen-bond acceptors (Lipinski definition) is 5. The number of ether oxygens (including phenoxy) is 2. The normalized spacial score (nSPS) is 12.8. The van der Waals surface area contributed by atoms with Gasteiger partial charge in [-0.15, -0.1) is 0 Å². The Bertz CT molecular complexity index is 1060. The van der Waals surface area contributed by atoms with Crippen molar-refractivity contribution in [2.75, 3.05) is 26.8 Å². The summed E-state index contributed by atoms with van der Waals surface area (Å²) in [6.45, 7) is 17.2. The Morgan fingerprint density at radius 1 is 1.05 bits per heavy atom. The Kier molecular flexibility index (Phi) is 10.4. The highest BCUT2D eigenvalue weighted by molar-refractivity contribution is 5.94. The van der Waals surface area contributed by atoms with Gasteiger partial charge in [-0.05, 0) is 68.4 Å². The number of hydrogen-bond donors (Lipinski definition) is 1. The van der Waals surface area contributed by atoms with Crippen LogP contribution in [0.4, 0.5) is 0 Å². The maximum atomic E-state index is 13.3. The van der Waals surface area contributed by atoms with Crippen LogP contribution in [0.3, 0.4) is 0 Å². The second-order valence-electron chi connectivity index (χ2n) is 10.8. The number of amides is 1. The first-order valence-corrected chi connectivity index (χ1v) is 13.4. The highest BCUT2D eigenvalue weighted by Gasteiger charge is 2.35. The maximum Gasteiger partial charge on any atom is 0.325 e. The minimum absolute atomic E-state index is 0.0891. The third-order valence-corrected chi connectivity index (χ3v) is 7.36. The van der Waals surface area contributed by atoms with Crippen LogP contribution in [0.15, 0.2) is 30.3 Å². The Labute approximate surface area is 222 Å². The molecule has 1 unspecified atom stereocenters. The minimum Gasteiger partial charge on any atom is -0.491 e. The molecule has 0 saturated carbocycles. The summed E-state index contributed by atoms with van der Waals surface area (Å²) in [6, 6.07) is 10.1. The molecule has 2 rings (SSSR count). The highest BCUT2D eigenvalue weighted by Crippen LogP contribution is 2.41. The highest BCUT2D eigenvalue weighted by atomic mass is 16.5. The van der Waals surface area contributed by atoms with Crippen molar-refractivity contribution in [3.63, 3.8) is 0 Å². The van der Waals surface area contributed by atoms with Gasteiger partial charge < -0.3 is 24.0 Å². The number of aliphatic hydroxyl groups excluding tert-OH is 1. The van der Waals surface area contributed by atoms with Crippen molar-refractivity contribution >= 4 is 11.9 Å². The van der Waals surface area contributed by atoms with Crippen molar-refractivity contribution in [1.82, 2.24) is 9.47 Å². The number of carbonyl (C=O) groups is 2. The van der Waals surface area contributed by atoms with E-state index in [4.69, 9.17) is 9.47 Å². The zero-order valence-corrected chi connectivity index (χ0v) is 24.2. The van der Waals surface area contributed by atoms with Crippen molar-refractivity contribution in [1.29, 1.82) is 0 Å². The van der Waals surface area contributed by atoms with Crippen molar-refractivity contribution in [2.24, 2.45) is 5.41 Å². The van der Waals surface area contributed by atoms with Gasteiger partial charge in [-0.2, -0.15) is 0 Å². The molecule has 0 spiro atoms. The summed E-state index contributed by atoms with van der Waals surface area (Å²) in [5, 5.41) is 10.4. The van der Waals surface area contributed by atoms with Crippen LogP contribution in [0.25, 0.3) is 0 Å². The molecule has 0 bridgehead atoms. The van der Waals surface area contributed by atoms with Crippen molar-refractivity contribution in [2.45, 2.75) is 86.3 Å². The number of aryl methyl sites for hydroxylation is 1. The largest absolute Gasteiger partial charge is 0.491 e. The van der Waals surface area contributed by atoms with Crippen LogP contribution in [-0.2, 0) is 21.5 Å². The fraction of sp³-hybridized carbons (Fsp3) is 0.600. The molecular weight excluding hydrogens is 468 g/mol. The van der Waals surface area contributed by atoms with Gasteiger partial charge in [0, 0.05) is 24.7 Å². The summed E-state index contributed by atoms with van der Waals surface area (Å²) < 4.78 is 13.1. The maximum absolute atomic E-state index is 13.3. The summed E-state index contributed by atoms with van der Waals surface area (Å²) in [5.41, 5.74) is 3.24. The number of aliphatic hydroxyl groups is 1. The van der Waals surface area contributed by atoms with Gasteiger partial charge in [0.1, 0.15) is 24.6 Å². The average Bonchev–Trinajstić information content (AvgIpc) is 3.27. The van der Waals surface area contributed by atoms with Crippen LogP contribution in [0.1, 0.15) is 88.6 Å². The van der Waals surface area contributed by atoms with Gasteiger partial charge in [0.25, 0.3) is 5.91 Å². The molecule has 206 valence electrons. The fourth-order valence-electron chi connectivity index (χ4n) is 4.78. The van der Waals surface area contributed by atoms with Gasteiger partial charge in [0.15, 0.2) is 0 Å². The summed E-state index contributed by atoms with van der Waals surface area (Å²) >= 11 is 0. The predicted molar refractivity (Wildman–Crippen MR) is 147 cm³/mol. The first-order valence-electron chi connectivity index (χ1n) is 13.4. The van der Waals surface area contributed by atoms with Crippen molar-refractivity contribution in [3.8, 4) is 5.75 Å². The van der Waals surface area contributed by atoms with E-state index in [1.165, 1.54) is 4.90 Å². The monoisotopic (exact) mass is 514 g/mol.